The SMILES string of the molecule is COCCN(C)C(=O)C1CCCN(C2CCN(CCc3ccccc3)CC2)C1. The second-order valence-electron chi connectivity index (χ2n) is 8.40. The Morgan fingerprint density at radius 3 is 2.61 bits per heavy atom. The number of likely N-dealkylation sites (tertiary alicyclic amines) is 2. The lowest BCUT2D eigenvalue weighted by molar-refractivity contribution is -0.137. The molecule has 1 atom stereocenters. The molecule has 0 aliphatic carbocycles. The van der Waals surface area contributed by atoms with Crippen LogP contribution in [0.1, 0.15) is 31.2 Å². The first-order valence-electron chi connectivity index (χ1n) is 10.9. The van der Waals surface area contributed by atoms with Crippen molar-refractivity contribution >= 4 is 5.91 Å². The molecule has 156 valence electrons. The standard InChI is InChI=1S/C23H37N3O2/c1-24(17-18-28-2)23(27)21-9-6-13-26(19-21)22-11-15-25(16-12-22)14-10-20-7-4-3-5-8-20/h3-5,7-8,21-22H,6,9-19H2,1-2H3. The second kappa shape index (κ2) is 10.9. The molecule has 0 aromatic heterocycles. The molecule has 28 heavy (non-hydrogen) atoms. The molecule has 1 amide bonds. The van der Waals surface area contributed by atoms with E-state index in [0.29, 0.717) is 25.1 Å². The van der Waals surface area contributed by atoms with E-state index in [4.69, 9.17) is 4.74 Å². The van der Waals surface area contributed by atoms with Gasteiger partial charge in [0.15, 0.2) is 0 Å². The number of nitrogens with zero attached hydrogens (tertiary/aromatic N) is 3. The molecule has 3 rings (SSSR count). The molecular formula is C23H37N3O2. The van der Waals surface area contributed by atoms with Gasteiger partial charge >= 0.3 is 0 Å². The van der Waals surface area contributed by atoms with E-state index < -0.39 is 0 Å². The lowest BCUT2D eigenvalue weighted by atomic mass is 9.93. The van der Waals surface area contributed by atoms with Gasteiger partial charge in [0.2, 0.25) is 5.91 Å². The zero-order valence-corrected chi connectivity index (χ0v) is 17.7. The number of carbonyl (C=O) groups is 1. The van der Waals surface area contributed by atoms with Gasteiger partial charge in [0.1, 0.15) is 0 Å². The van der Waals surface area contributed by atoms with Crippen LogP contribution in [0.15, 0.2) is 30.3 Å². The molecular weight excluding hydrogens is 350 g/mol. The largest absolute Gasteiger partial charge is 0.383 e. The van der Waals surface area contributed by atoms with E-state index in [0.717, 1.165) is 38.9 Å². The van der Waals surface area contributed by atoms with E-state index in [1.165, 1.54) is 31.5 Å². The van der Waals surface area contributed by atoms with Crippen LogP contribution in [0.5, 0.6) is 0 Å². The van der Waals surface area contributed by atoms with Crippen molar-refractivity contribution in [3.8, 4) is 0 Å². The minimum Gasteiger partial charge on any atom is -0.383 e. The number of rotatable bonds is 8. The summed E-state index contributed by atoms with van der Waals surface area (Å²) in [6.45, 7) is 6.90. The van der Waals surface area contributed by atoms with Gasteiger partial charge in [0, 0.05) is 39.8 Å². The van der Waals surface area contributed by atoms with E-state index >= 15 is 0 Å². The Labute approximate surface area is 170 Å². The predicted molar refractivity (Wildman–Crippen MR) is 113 cm³/mol. The molecule has 5 nitrogen and oxygen atoms in total. The van der Waals surface area contributed by atoms with Crippen LogP contribution in [0.4, 0.5) is 0 Å². The van der Waals surface area contributed by atoms with Gasteiger partial charge in [-0.25, -0.2) is 0 Å². The minimum absolute atomic E-state index is 0.159. The van der Waals surface area contributed by atoms with E-state index in [9.17, 15) is 4.79 Å². The minimum atomic E-state index is 0.159. The Kier molecular flexibility index (Phi) is 8.31. The van der Waals surface area contributed by atoms with Gasteiger partial charge in [-0.2, -0.15) is 0 Å². The summed E-state index contributed by atoms with van der Waals surface area (Å²) in [6, 6.07) is 11.4. The number of benzene rings is 1. The Morgan fingerprint density at radius 2 is 1.89 bits per heavy atom. The number of likely N-dealkylation sites (N-methyl/N-ethyl adjacent to an activating group) is 1. The number of hydrogen-bond acceptors (Lipinski definition) is 4. The number of amides is 1. The summed E-state index contributed by atoms with van der Waals surface area (Å²) in [7, 11) is 3.60. The normalized spacial score (nSPS) is 22.3. The van der Waals surface area contributed by atoms with Crippen molar-refractivity contribution in [3.05, 3.63) is 35.9 Å². The maximum Gasteiger partial charge on any atom is 0.226 e. The molecule has 1 unspecified atom stereocenters. The smallest absolute Gasteiger partial charge is 0.226 e. The van der Waals surface area contributed by atoms with Crippen molar-refractivity contribution in [2.24, 2.45) is 5.92 Å². The topological polar surface area (TPSA) is 36.0 Å². The molecule has 2 aliphatic heterocycles. The van der Waals surface area contributed by atoms with Gasteiger partial charge in [-0.1, -0.05) is 30.3 Å². The van der Waals surface area contributed by atoms with E-state index in [1.807, 2.05) is 11.9 Å². The highest BCUT2D eigenvalue weighted by Crippen LogP contribution is 2.25. The third kappa shape index (κ3) is 6.03. The van der Waals surface area contributed by atoms with Crippen LogP contribution in [-0.2, 0) is 16.0 Å². The third-order valence-electron chi connectivity index (χ3n) is 6.44. The summed E-state index contributed by atoms with van der Waals surface area (Å²) in [5.74, 6) is 0.453. The molecule has 2 aliphatic rings. The van der Waals surface area contributed by atoms with Crippen molar-refractivity contribution in [1.29, 1.82) is 0 Å². The average Bonchev–Trinajstić information content (AvgIpc) is 2.76. The third-order valence-corrected chi connectivity index (χ3v) is 6.44. The molecule has 0 spiro atoms. The van der Waals surface area contributed by atoms with Crippen molar-refractivity contribution in [1.82, 2.24) is 14.7 Å². The first kappa shape index (κ1) is 21.3. The summed E-state index contributed by atoms with van der Waals surface area (Å²) < 4.78 is 5.12. The summed E-state index contributed by atoms with van der Waals surface area (Å²) in [5.41, 5.74) is 1.43. The first-order chi connectivity index (χ1) is 13.7. The van der Waals surface area contributed by atoms with Gasteiger partial charge in [-0.15, -0.1) is 0 Å². The van der Waals surface area contributed by atoms with Gasteiger partial charge in [-0.3, -0.25) is 9.69 Å². The van der Waals surface area contributed by atoms with Crippen LogP contribution >= 0.6 is 0 Å². The molecule has 0 radical (unpaired) electrons. The number of carbonyl (C=O) groups excluding carboxylic acids is 1. The van der Waals surface area contributed by atoms with Crippen LogP contribution in [0.3, 0.4) is 0 Å². The van der Waals surface area contributed by atoms with Gasteiger partial charge in [0.05, 0.1) is 12.5 Å². The highest BCUT2D eigenvalue weighted by atomic mass is 16.5. The number of ether oxygens (including phenoxy) is 1. The summed E-state index contributed by atoms with van der Waals surface area (Å²) in [5, 5.41) is 0. The Bertz CT molecular complexity index is 587. The fraction of sp³-hybridized carbons (Fsp3) is 0.696. The highest BCUT2D eigenvalue weighted by Gasteiger charge is 2.32. The number of piperidine rings is 2. The molecule has 1 aromatic carbocycles. The molecule has 1 aromatic rings. The molecule has 2 saturated heterocycles. The van der Waals surface area contributed by atoms with E-state index in [1.54, 1.807) is 7.11 Å². The Morgan fingerprint density at radius 1 is 1.14 bits per heavy atom. The fourth-order valence-electron chi connectivity index (χ4n) is 4.63. The zero-order chi connectivity index (χ0) is 19.8. The number of methoxy groups -OCH3 is 1. The van der Waals surface area contributed by atoms with Crippen LogP contribution in [0, 0.1) is 5.92 Å². The molecule has 2 heterocycles. The van der Waals surface area contributed by atoms with Crippen molar-refractivity contribution in [3.63, 3.8) is 0 Å². The molecule has 0 saturated carbocycles. The maximum absolute atomic E-state index is 12.7. The van der Waals surface area contributed by atoms with Gasteiger partial charge in [-0.05, 0) is 57.3 Å². The van der Waals surface area contributed by atoms with Gasteiger partial charge < -0.3 is 14.5 Å². The summed E-state index contributed by atoms with van der Waals surface area (Å²) >= 11 is 0. The quantitative estimate of drug-likeness (QED) is 0.687. The summed E-state index contributed by atoms with van der Waals surface area (Å²) in [4.78, 5) is 19.8. The maximum atomic E-state index is 12.7. The molecule has 5 heteroatoms. The van der Waals surface area contributed by atoms with Crippen LogP contribution in [-0.4, -0.2) is 86.7 Å². The van der Waals surface area contributed by atoms with Crippen molar-refractivity contribution in [2.75, 3.05) is 60.0 Å². The first-order valence-corrected chi connectivity index (χ1v) is 10.9. The lowest BCUT2D eigenvalue weighted by Gasteiger charge is -2.42. The Hall–Kier alpha value is -1.43. The molecule has 0 N–H and O–H groups in total. The average molecular weight is 388 g/mol. The summed E-state index contributed by atoms with van der Waals surface area (Å²) in [6.07, 6.45) is 5.77. The monoisotopic (exact) mass is 387 g/mol. The molecule has 2 fully saturated rings. The van der Waals surface area contributed by atoms with Gasteiger partial charge in [0.25, 0.3) is 0 Å². The second-order valence-corrected chi connectivity index (χ2v) is 8.40. The molecule has 0 bridgehead atoms. The van der Waals surface area contributed by atoms with E-state index in [-0.39, 0.29) is 5.92 Å². The van der Waals surface area contributed by atoms with Crippen LogP contribution in [0.2, 0.25) is 0 Å². The van der Waals surface area contributed by atoms with Crippen molar-refractivity contribution in [2.45, 2.75) is 38.1 Å². The van der Waals surface area contributed by atoms with Crippen molar-refractivity contribution < 1.29 is 9.53 Å². The zero-order valence-electron chi connectivity index (χ0n) is 17.7. The Balaban J connectivity index is 1.41. The highest BCUT2D eigenvalue weighted by molar-refractivity contribution is 5.78. The predicted octanol–water partition coefficient (Wildman–Crippen LogP) is 2.51. The number of hydrogen-bond donors (Lipinski definition) is 0. The van der Waals surface area contributed by atoms with E-state index in [2.05, 4.69) is 40.1 Å². The lowest BCUT2D eigenvalue weighted by Crippen LogP contribution is -2.51. The van der Waals surface area contributed by atoms with Crippen LogP contribution < -0.4 is 0 Å². The fourth-order valence-corrected chi connectivity index (χ4v) is 4.63. The van der Waals surface area contributed by atoms with Crippen LogP contribution in [0.25, 0.3) is 0 Å².